The van der Waals surface area contributed by atoms with E-state index in [1.165, 1.54) is 0 Å². The Bertz CT molecular complexity index is 493. The molecule has 0 aliphatic rings. The second kappa shape index (κ2) is 7.41. The van der Waals surface area contributed by atoms with Crippen molar-refractivity contribution < 1.29 is 4.79 Å². The van der Waals surface area contributed by atoms with Crippen LogP contribution in [0, 0.1) is 0 Å². The maximum Gasteiger partial charge on any atom is 0.249 e. The minimum Gasteiger partial charge on any atom is -0.334 e. The molecule has 2 nitrogen and oxygen atoms in total. The summed E-state index contributed by atoms with van der Waals surface area (Å²) < 4.78 is 1.98. The molecule has 0 N–H and O–H groups in total. The Labute approximate surface area is 138 Å². The highest BCUT2D eigenvalue weighted by Gasteiger charge is 2.21. The lowest BCUT2D eigenvalue weighted by molar-refractivity contribution is -0.130. The van der Waals surface area contributed by atoms with E-state index in [9.17, 15) is 4.79 Å². The van der Waals surface area contributed by atoms with E-state index in [1.807, 2.05) is 63.8 Å². The second-order valence-electron chi connectivity index (χ2n) is 5.43. The largest absolute Gasteiger partial charge is 0.334 e. The highest BCUT2D eigenvalue weighted by atomic mass is 79.9. The van der Waals surface area contributed by atoms with Gasteiger partial charge in [0, 0.05) is 26.6 Å². The molecule has 0 unspecified atom stereocenters. The summed E-state index contributed by atoms with van der Waals surface area (Å²) in [6.07, 6.45) is 1.93. The van der Waals surface area contributed by atoms with Crippen LogP contribution in [0.1, 0.15) is 40.2 Å². The average molecular weight is 403 g/mol. The topological polar surface area (TPSA) is 20.3 Å². The first-order valence-electron chi connectivity index (χ1n) is 6.69. The van der Waals surface area contributed by atoms with Gasteiger partial charge in [0.15, 0.2) is 0 Å². The summed E-state index contributed by atoms with van der Waals surface area (Å²) in [6.45, 7) is 10.0. The molecule has 0 aliphatic heterocycles. The first kappa shape index (κ1) is 17.4. The maximum absolute atomic E-state index is 12.5. The van der Waals surface area contributed by atoms with Crippen molar-refractivity contribution in [3.63, 3.8) is 0 Å². The van der Waals surface area contributed by atoms with E-state index in [0.717, 1.165) is 20.1 Å². The van der Waals surface area contributed by atoms with Gasteiger partial charge in [-0.05, 0) is 64.5 Å². The van der Waals surface area contributed by atoms with E-state index in [2.05, 4.69) is 31.9 Å². The summed E-state index contributed by atoms with van der Waals surface area (Å²) in [7, 11) is 0. The third-order valence-electron chi connectivity index (χ3n) is 2.95. The fourth-order valence-corrected chi connectivity index (χ4v) is 3.57. The Morgan fingerprint density at radius 2 is 1.50 bits per heavy atom. The summed E-state index contributed by atoms with van der Waals surface area (Å²) >= 11 is 6.92. The van der Waals surface area contributed by atoms with Crippen molar-refractivity contribution in [2.45, 2.75) is 46.7 Å². The van der Waals surface area contributed by atoms with E-state index in [0.29, 0.717) is 0 Å². The zero-order chi connectivity index (χ0) is 15.4. The molecule has 0 atom stereocenters. The van der Waals surface area contributed by atoms with Gasteiger partial charge in [0.2, 0.25) is 5.91 Å². The van der Waals surface area contributed by atoms with Crippen molar-refractivity contribution >= 4 is 43.8 Å². The zero-order valence-electron chi connectivity index (χ0n) is 12.6. The highest BCUT2D eigenvalue weighted by Crippen LogP contribution is 2.22. The van der Waals surface area contributed by atoms with Crippen LogP contribution in [0.15, 0.2) is 32.7 Å². The van der Waals surface area contributed by atoms with Crippen LogP contribution in [0.5, 0.6) is 0 Å². The summed E-state index contributed by atoms with van der Waals surface area (Å²) in [5.41, 5.74) is 1.75. The van der Waals surface area contributed by atoms with Gasteiger partial charge in [-0.3, -0.25) is 4.79 Å². The van der Waals surface area contributed by atoms with Crippen molar-refractivity contribution in [2.75, 3.05) is 0 Å². The summed E-state index contributed by atoms with van der Waals surface area (Å²) in [5.74, 6) is 0.0890. The number of rotatable bonds is 4. The van der Waals surface area contributed by atoms with Crippen molar-refractivity contribution in [2.24, 2.45) is 0 Å². The van der Waals surface area contributed by atoms with Gasteiger partial charge in [0.1, 0.15) is 0 Å². The normalized spacial score (nSPS) is 12.2. The number of amides is 1. The number of benzene rings is 1. The first-order chi connectivity index (χ1) is 9.22. The Hall–Kier alpha value is -0.610. The first-order valence-corrected chi connectivity index (χ1v) is 8.28. The van der Waals surface area contributed by atoms with Crippen LogP contribution >= 0.6 is 31.9 Å². The van der Waals surface area contributed by atoms with Crippen molar-refractivity contribution in [1.82, 2.24) is 4.90 Å². The minimum absolute atomic E-state index is 0.0890. The van der Waals surface area contributed by atoms with Crippen LogP contribution < -0.4 is 0 Å². The summed E-state index contributed by atoms with van der Waals surface area (Å²) in [4.78, 5) is 14.4. The van der Waals surface area contributed by atoms with Crippen LogP contribution in [0.3, 0.4) is 0 Å². The van der Waals surface area contributed by atoms with Crippen molar-refractivity contribution in [1.29, 1.82) is 0 Å². The van der Waals surface area contributed by atoms with E-state index in [4.69, 9.17) is 0 Å². The second-order valence-corrected chi connectivity index (χ2v) is 7.26. The van der Waals surface area contributed by atoms with Gasteiger partial charge in [-0.15, -0.1) is 0 Å². The molecule has 1 amide bonds. The number of hydrogen-bond acceptors (Lipinski definition) is 1. The van der Waals surface area contributed by atoms with Gasteiger partial charge >= 0.3 is 0 Å². The number of carbonyl (C=O) groups excluding carboxylic acids is 1. The molecular weight excluding hydrogens is 382 g/mol. The number of halogens is 2. The molecule has 0 aromatic heterocycles. The Morgan fingerprint density at radius 3 is 1.90 bits per heavy atom. The van der Waals surface area contributed by atoms with E-state index < -0.39 is 0 Å². The van der Waals surface area contributed by atoms with Gasteiger partial charge in [0.05, 0.1) is 0 Å². The molecule has 1 rings (SSSR count). The fourth-order valence-electron chi connectivity index (χ4n) is 2.24. The molecule has 0 heterocycles. The zero-order valence-corrected chi connectivity index (χ0v) is 15.7. The number of nitrogens with zero attached hydrogens (tertiary/aromatic N) is 1. The molecule has 110 valence electrons. The molecule has 20 heavy (non-hydrogen) atoms. The van der Waals surface area contributed by atoms with Crippen LogP contribution in [-0.2, 0) is 4.79 Å². The smallest absolute Gasteiger partial charge is 0.249 e. The molecule has 1 aromatic carbocycles. The lowest BCUT2D eigenvalue weighted by Gasteiger charge is -2.31. The molecule has 1 aromatic rings. The molecule has 4 heteroatoms. The maximum atomic E-state index is 12.5. The molecule has 0 aliphatic carbocycles. The molecule has 0 saturated heterocycles. The number of hydrogen-bond donors (Lipinski definition) is 0. The van der Waals surface area contributed by atoms with E-state index in [1.54, 1.807) is 0 Å². The Balaban J connectivity index is 3.06. The van der Waals surface area contributed by atoms with Crippen LogP contribution in [-0.4, -0.2) is 22.9 Å². The third kappa shape index (κ3) is 4.74. The fraction of sp³-hybridized carbons (Fsp3) is 0.438. The molecular formula is C16H21Br2NO. The van der Waals surface area contributed by atoms with Crippen molar-refractivity contribution in [3.05, 3.63) is 38.3 Å². The van der Waals surface area contributed by atoms with Gasteiger partial charge in [0.25, 0.3) is 0 Å². The standard InChI is InChI=1S/C16H21Br2NO/c1-10(2)19(11(3)4)16(20)12(5)6-13-7-14(17)9-15(18)8-13/h6-11H,1-5H3/b12-6-. The Morgan fingerprint density at radius 1 is 1.05 bits per heavy atom. The monoisotopic (exact) mass is 401 g/mol. The summed E-state index contributed by atoms with van der Waals surface area (Å²) in [6, 6.07) is 6.36. The van der Waals surface area contributed by atoms with Gasteiger partial charge < -0.3 is 4.90 Å². The van der Waals surface area contributed by atoms with Gasteiger partial charge in [-0.25, -0.2) is 0 Å². The van der Waals surface area contributed by atoms with Gasteiger partial charge in [-0.1, -0.05) is 31.9 Å². The lowest BCUT2D eigenvalue weighted by Crippen LogP contribution is -2.42. The third-order valence-corrected chi connectivity index (χ3v) is 3.87. The molecule has 0 spiro atoms. The predicted octanol–water partition coefficient (Wildman–Crippen LogP) is 5.26. The lowest BCUT2D eigenvalue weighted by atomic mass is 10.1. The van der Waals surface area contributed by atoms with Crippen LogP contribution in [0.2, 0.25) is 0 Å². The molecule has 0 fully saturated rings. The summed E-state index contributed by atoms with van der Waals surface area (Å²) in [5, 5.41) is 0. The SMILES string of the molecule is C/C(=C/c1cc(Br)cc(Br)c1)C(=O)N(C(C)C)C(C)C. The predicted molar refractivity (Wildman–Crippen MR) is 92.6 cm³/mol. The average Bonchev–Trinajstić information content (AvgIpc) is 2.25. The molecule has 0 saturated carbocycles. The number of carbonyl (C=O) groups is 1. The molecule has 0 bridgehead atoms. The van der Waals surface area contributed by atoms with Gasteiger partial charge in [-0.2, -0.15) is 0 Å². The Kier molecular flexibility index (Phi) is 6.46. The molecule has 0 radical (unpaired) electrons. The van der Waals surface area contributed by atoms with E-state index in [-0.39, 0.29) is 18.0 Å². The van der Waals surface area contributed by atoms with E-state index >= 15 is 0 Å². The quantitative estimate of drug-likeness (QED) is 0.629. The highest BCUT2D eigenvalue weighted by molar-refractivity contribution is 9.11. The minimum atomic E-state index is 0.0890. The van der Waals surface area contributed by atoms with Crippen molar-refractivity contribution in [3.8, 4) is 0 Å². The van der Waals surface area contributed by atoms with Crippen LogP contribution in [0.4, 0.5) is 0 Å². The van der Waals surface area contributed by atoms with Crippen LogP contribution in [0.25, 0.3) is 6.08 Å².